The molecule has 5 rings (SSSR count). The number of carbonyl (C=O) groups excluding carboxylic acids is 3. The minimum atomic E-state index is -0.344. The van der Waals surface area contributed by atoms with E-state index in [0.29, 0.717) is 62.4 Å². The third-order valence-corrected chi connectivity index (χ3v) is 7.77. The summed E-state index contributed by atoms with van der Waals surface area (Å²) in [5.74, 6) is 0.0714. The lowest BCUT2D eigenvalue weighted by atomic mass is 9.94. The maximum absolute atomic E-state index is 13.5. The summed E-state index contributed by atoms with van der Waals surface area (Å²) in [7, 11) is 1.78. The Kier molecular flexibility index (Phi) is 8.73. The second-order valence-corrected chi connectivity index (χ2v) is 10.4. The summed E-state index contributed by atoms with van der Waals surface area (Å²) in [6.45, 7) is 1.99. The number of rotatable bonds is 7. The lowest BCUT2D eigenvalue weighted by Gasteiger charge is -2.42. The van der Waals surface area contributed by atoms with E-state index in [-0.39, 0.29) is 54.9 Å². The molecule has 3 aliphatic heterocycles. The Morgan fingerprint density at radius 3 is 2.67 bits per heavy atom. The Hall–Kier alpha value is -3.50. The average Bonchev–Trinajstić information content (AvgIpc) is 2.96. The van der Waals surface area contributed by atoms with Crippen LogP contribution < -0.4 is 15.4 Å². The number of hydrogen-bond acceptors (Lipinski definition) is 7. The number of carbonyl (C=O) groups is 3. The zero-order valence-electron chi connectivity index (χ0n) is 22.3. The van der Waals surface area contributed by atoms with Crippen LogP contribution in [-0.2, 0) is 25.5 Å². The minimum absolute atomic E-state index is 0.0515. The van der Waals surface area contributed by atoms with E-state index in [2.05, 4.69) is 15.6 Å². The van der Waals surface area contributed by atoms with Crippen LogP contribution in [0.25, 0.3) is 0 Å². The van der Waals surface area contributed by atoms with E-state index in [1.807, 2.05) is 12.1 Å². The zero-order chi connectivity index (χ0) is 27.2. The first-order valence-electron chi connectivity index (χ1n) is 13.7. The molecule has 208 valence electrons. The molecule has 39 heavy (non-hydrogen) atoms. The molecular formula is C29H36N4O6. The minimum Gasteiger partial charge on any atom is -0.490 e. The maximum atomic E-state index is 13.5. The topological polar surface area (TPSA) is 119 Å². The van der Waals surface area contributed by atoms with Crippen molar-refractivity contribution in [1.29, 1.82) is 0 Å². The number of fused-ring (bicyclic) bond motifs is 2. The molecule has 1 aromatic carbocycles. The van der Waals surface area contributed by atoms with Crippen LogP contribution in [0.1, 0.15) is 48.0 Å². The van der Waals surface area contributed by atoms with E-state index in [9.17, 15) is 14.4 Å². The lowest BCUT2D eigenvalue weighted by molar-refractivity contribution is -0.134. The van der Waals surface area contributed by atoms with Crippen LogP contribution in [0, 0.1) is 5.92 Å². The van der Waals surface area contributed by atoms with Crippen LogP contribution in [-0.4, -0.2) is 79.3 Å². The molecule has 3 aliphatic rings. The lowest BCUT2D eigenvalue weighted by Crippen LogP contribution is -2.54. The Morgan fingerprint density at radius 1 is 1.08 bits per heavy atom. The molecule has 0 spiro atoms. The normalized spacial score (nSPS) is 23.5. The number of likely N-dealkylation sites (N-methyl/N-ethyl adjacent to an activating group) is 1. The number of ether oxygens (including phenoxy) is 3. The van der Waals surface area contributed by atoms with Crippen molar-refractivity contribution in [2.75, 3.05) is 38.7 Å². The first-order chi connectivity index (χ1) is 19.0. The van der Waals surface area contributed by atoms with Crippen LogP contribution >= 0.6 is 0 Å². The van der Waals surface area contributed by atoms with E-state index < -0.39 is 0 Å². The molecule has 2 fully saturated rings. The van der Waals surface area contributed by atoms with Crippen LogP contribution in [0.2, 0.25) is 0 Å². The summed E-state index contributed by atoms with van der Waals surface area (Å²) >= 11 is 0. The molecule has 10 nitrogen and oxygen atoms in total. The van der Waals surface area contributed by atoms with Gasteiger partial charge in [0.2, 0.25) is 11.8 Å². The summed E-state index contributed by atoms with van der Waals surface area (Å²) in [5, 5.41) is 5.92. The quantitative estimate of drug-likeness (QED) is 0.558. The average molecular weight is 537 g/mol. The summed E-state index contributed by atoms with van der Waals surface area (Å²) in [6.07, 6.45) is 6.68. The van der Waals surface area contributed by atoms with Crippen molar-refractivity contribution in [2.45, 2.75) is 56.8 Å². The molecule has 2 saturated heterocycles. The molecule has 2 N–H and O–H groups in total. The Labute approximate surface area is 228 Å². The number of benzene rings is 1. The number of aromatic nitrogens is 1. The second kappa shape index (κ2) is 12.6. The van der Waals surface area contributed by atoms with E-state index >= 15 is 0 Å². The predicted octanol–water partition coefficient (Wildman–Crippen LogP) is 2.58. The number of amides is 3. The van der Waals surface area contributed by atoms with Gasteiger partial charge in [-0.3, -0.25) is 19.4 Å². The Balaban J connectivity index is 1.17. The van der Waals surface area contributed by atoms with Gasteiger partial charge in [-0.25, -0.2) is 0 Å². The van der Waals surface area contributed by atoms with Gasteiger partial charge in [0.15, 0.2) is 0 Å². The summed E-state index contributed by atoms with van der Waals surface area (Å²) < 4.78 is 17.7. The molecule has 0 saturated carbocycles. The molecule has 0 unspecified atom stereocenters. The zero-order valence-corrected chi connectivity index (χ0v) is 22.3. The fraction of sp³-hybridized carbons (Fsp3) is 0.517. The molecule has 3 amide bonds. The van der Waals surface area contributed by atoms with Gasteiger partial charge >= 0.3 is 0 Å². The number of nitrogens with one attached hydrogen (secondary N) is 2. The third kappa shape index (κ3) is 6.75. The van der Waals surface area contributed by atoms with E-state index in [1.54, 1.807) is 42.5 Å². The van der Waals surface area contributed by atoms with Gasteiger partial charge < -0.3 is 29.7 Å². The molecule has 2 aromatic rings. The molecule has 10 heteroatoms. The summed E-state index contributed by atoms with van der Waals surface area (Å²) in [5.41, 5.74) is 2.11. The molecule has 0 radical (unpaired) electrons. The van der Waals surface area contributed by atoms with Crippen LogP contribution in [0.3, 0.4) is 0 Å². The Bertz CT molecular complexity index is 1170. The van der Waals surface area contributed by atoms with Crippen LogP contribution in [0.5, 0.6) is 5.75 Å². The van der Waals surface area contributed by atoms with Gasteiger partial charge in [0.25, 0.3) is 5.91 Å². The van der Waals surface area contributed by atoms with Gasteiger partial charge in [0, 0.05) is 50.8 Å². The van der Waals surface area contributed by atoms with Gasteiger partial charge in [-0.2, -0.15) is 0 Å². The molecule has 4 heterocycles. The van der Waals surface area contributed by atoms with Crippen molar-refractivity contribution in [2.24, 2.45) is 5.92 Å². The third-order valence-electron chi connectivity index (χ3n) is 7.77. The standard InChI is InChI=1S/C29H36N4O6/c1-33-24-4-3-22(17-27(34)31-13-8-19-6-11-30-12-7-19)39-26(24)18-38-25-5-2-21(16-23(25)29(33)36)32-28(35)20-9-14-37-15-10-20/h2,5-7,11-12,16,20,22,24,26H,3-4,8-10,13-15,17-18H2,1H3,(H,31,34)(H,32,35)/t22-,24-,26+/m0/s1. The first kappa shape index (κ1) is 27.1. The molecule has 3 atom stereocenters. The van der Waals surface area contributed by atoms with Crippen LogP contribution in [0.15, 0.2) is 42.7 Å². The number of nitrogens with zero attached hydrogens (tertiary/aromatic N) is 2. The monoisotopic (exact) mass is 536 g/mol. The first-order valence-corrected chi connectivity index (χ1v) is 13.7. The maximum Gasteiger partial charge on any atom is 0.257 e. The molecule has 1 aromatic heterocycles. The van der Waals surface area contributed by atoms with Gasteiger partial charge in [-0.1, -0.05) is 0 Å². The van der Waals surface area contributed by atoms with E-state index in [0.717, 1.165) is 12.0 Å². The van der Waals surface area contributed by atoms with Gasteiger partial charge in [-0.05, 0) is 68.0 Å². The predicted molar refractivity (Wildman–Crippen MR) is 143 cm³/mol. The summed E-state index contributed by atoms with van der Waals surface area (Å²) in [6, 6.07) is 8.86. The number of pyridine rings is 1. The summed E-state index contributed by atoms with van der Waals surface area (Å²) in [4.78, 5) is 44.4. The smallest absolute Gasteiger partial charge is 0.257 e. The van der Waals surface area contributed by atoms with Crippen molar-refractivity contribution < 1.29 is 28.6 Å². The van der Waals surface area contributed by atoms with Gasteiger partial charge in [0.05, 0.1) is 24.1 Å². The van der Waals surface area contributed by atoms with Crippen LogP contribution in [0.4, 0.5) is 5.69 Å². The van der Waals surface area contributed by atoms with Gasteiger partial charge in [-0.15, -0.1) is 0 Å². The molecular weight excluding hydrogens is 500 g/mol. The molecule has 0 bridgehead atoms. The second-order valence-electron chi connectivity index (χ2n) is 10.4. The number of hydrogen-bond donors (Lipinski definition) is 2. The number of anilines is 1. The van der Waals surface area contributed by atoms with Crippen molar-refractivity contribution in [3.63, 3.8) is 0 Å². The largest absolute Gasteiger partial charge is 0.490 e. The highest BCUT2D eigenvalue weighted by molar-refractivity contribution is 6.00. The van der Waals surface area contributed by atoms with Crippen molar-refractivity contribution >= 4 is 23.4 Å². The Morgan fingerprint density at radius 2 is 1.87 bits per heavy atom. The van der Waals surface area contributed by atoms with Crippen molar-refractivity contribution in [3.05, 3.63) is 53.9 Å². The highest BCUT2D eigenvalue weighted by Crippen LogP contribution is 2.32. The van der Waals surface area contributed by atoms with Crippen molar-refractivity contribution in [1.82, 2.24) is 15.2 Å². The SMILES string of the molecule is CN1C(=O)c2cc(NC(=O)C3CCOCC3)ccc2OC[C@H]2O[C@H](CC(=O)NCCc3ccncc3)CC[C@@H]21. The fourth-order valence-electron chi connectivity index (χ4n) is 5.48. The van der Waals surface area contributed by atoms with E-state index in [4.69, 9.17) is 14.2 Å². The van der Waals surface area contributed by atoms with E-state index in [1.165, 1.54) is 0 Å². The van der Waals surface area contributed by atoms with Gasteiger partial charge in [0.1, 0.15) is 18.5 Å². The highest BCUT2D eigenvalue weighted by Gasteiger charge is 2.39. The van der Waals surface area contributed by atoms with Crippen molar-refractivity contribution in [3.8, 4) is 5.75 Å². The highest BCUT2D eigenvalue weighted by atomic mass is 16.5. The fourth-order valence-corrected chi connectivity index (χ4v) is 5.48. The molecule has 0 aliphatic carbocycles.